The van der Waals surface area contributed by atoms with E-state index in [1.165, 1.54) is 0 Å². The molecule has 1 aliphatic heterocycles. The third kappa shape index (κ3) is 3.36. The minimum atomic E-state index is -0.196. The Balaban J connectivity index is 2.32. The first kappa shape index (κ1) is 14.5. The SMILES string of the molecule is CC1CN(c2ccc(Cl)cc2C(N)=S)CC(CO)O1. The molecule has 1 aromatic rings. The summed E-state index contributed by atoms with van der Waals surface area (Å²) in [6.45, 7) is 3.31. The van der Waals surface area contributed by atoms with Crippen LogP contribution in [0.2, 0.25) is 5.02 Å². The highest BCUT2D eigenvalue weighted by molar-refractivity contribution is 7.80. The summed E-state index contributed by atoms with van der Waals surface area (Å²) < 4.78 is 5.63. The normalized spacial score (nSPS) is 23.4. The maximum atomic E-state index is 9.27. The van der Waals surface area contributed by atoms with E-state index in [9.17, 15) is 5.11 Å². The van der Waals surface area contributed by atoms with Crippen molar-refractivity contribution in [3.05, 3.63) is 28.8 Å². The van der Waals surface area contributed by atoms with Gasteiger partial charge in [0.15, 0.2) is 0 Å². The zero-order valence-corrected chi connectivity index (χ0v) is 12.2. The summed E-state index contributed by atoms with van der Waals surface area (Å²) in [7, 11) is 0. The second-order valence-electron chi connectivity index (χ2n) is 4.68. The lowest BCUT2D eigenvalue weighted by Gasteiger charge is -2.38. The van der Waals surface area contributed by atoms with E-state index in [-0.39, 0.29) is 18.8 Å². The first-order valence-electron chi connectivity index (χ1n) is 6.12. The molecular formula is C13H17ClN2O2S. The summed E-state index contributed by atoms with van der Waals surface area (Å²) in [6, 6.07) is 5.49. The first-order valence-corrected chi connectivity index (χ1v) is 6.90. The Morgan fingerprint density at radius 1 is 1.58 bits per heavy atom. The second kappa shape index (κ2) is 6.05. The highest BCUT2D eigenvalue weighted by atomic mass is 35.5. The smallest absolute Gasteiger partial charge is 0.106 e. The molecule has 1 aliphatic rings. The Bertz CT molecular complexity index is 484. The molecule has 104 valence electrons. The van der Waals surface area contributed by atoms with E-state index in [0.29, 0.717) is 16.6 Å². The van der Waals surface area contributed by atoms with Gasteiger partial charge in [-0.05, 0) is 25.1 Å². The van der Waals surface area contributed by atoms with Crippen LogP contribution in [0.15, 0.2) is 18.2 Å². The van der Waals surface area contributed by atoms with Gasteiger partial charge in [0.1, 0.15) is 4.99 Å². The topological polar surface area (TPSA) is 58.7 Å². The molecule has 1 saturated heterocycles. The summed E-state index contributed by atoms with van der Waals surface area (Å²) in [5.74, 6) is 0. The van der Waals surface area contributed by atoms with Gasteiger partial charge >= 0.3 is 0 Å². The van der Waals surface area contributed by atoms with Crippen LogP contribution in [0.3, 0.4) is 0 Å². The standard InChI is InChI=1S/C13H17ClN2O2S/c1-8-5-16(6-10(7-17)18-8)12-3-2-9(14)4-11(12)13(15)19/h2-4,8,10,17H,5-7H2,1H3,(H2,15,19). The van der Waals surface area contributed by atoms with Crippen molar-refractivity contribution in [3.8, 4) is 0 Å². The lowest BCUT2D eigenvalue weighted by atomic mass is 10.1. The van der Waals surface area contributed by atoms with Crippen LogP contribution in [0.1, 0.15) is 12.5 Å². The predicted molar refractivity (Wildman–Crippen MR) is 81.0 cm³/mol. The number of halogens is 1. The Labute approximate surface area is 123 Å². The highest BCUT2D eigenvalue weighted by Gasteiger charge is 2.26. The Morgan fingerprint density at radius 2 is 2.32 bits per heavy atom. The van der Waals surface area contributed by atoms with Gasteiger partial charge in [-0.2, -0.15) is 0 Å². The molecule has 2 rings (SSSR count). The molecule has 1 aromatic carbocycles. The van der Waals surface area contributed by atoms with Crippen molar-refractivity contribution >= 4 is 34.5 Å². The molecule has 2 unspecified atom stereocenters. The second-order valence-corrected chi connectivity index (χ2v) is 5.56. The van der Waals surface area contributed by atoms with E-state index in [4.69, 9.17) is 34.3 Å². The third-order valence-corrected chi connectivity index (χ3v) is 3.55. The minimum absolute atomic E-state index is 0.00314. The number of aliphatic hydroxyl groups is 1. The quantitative estimate of drug-likeness (QED) is 0.830. The molecule has 1 fully saturated rings. The van der Waals surface area contributed by atoms with Gasteiger partial charge in [-0.25, -0.2) is 0 Å². The summed E-state index contributed by atoms with van der Waals surface area (Å²) in [6.07, 6.45) is -0.153. The van der Waals surface area contributed by atoms with Crippen molar-refractivity contribution in [2.75, 3.05) is 24.6 Å². The monoisotopic (exact) mass is 300 g/mol. The number of nitrogens with zero attached hydrogens (tertiary/aromatic N) is 1. The molecule has 4 nitrogen and oxygen atoms in total. The van der Waals surface area contributed by atoms with Gasteiger partial charge in [0.25, 0.3) is 0 Å². The molecule has 0 amide bonds. The maximum absolute atomic E-state index is 9.27. The van der Waals surface area contributed by atoms with Gasteiger partial charge in [-0.1, -0.05) is 23.8 Å². The highest BCUT2D eigenvalue weighted by Crippen LogP contribution is 2.27. The molecule has 6 heteroatoms. The van der Waals surface area contributed by atoms with Crippen LogP contribution in [0.4, 0.5) is 5.69 Å². The van der Waals surface area contributed by atoms with E-state index < -0.39 is 0 Å². The number of ether oxygens (including phenoxy) is 1. The van der Waals surface area contributed by atoms with Crippen LogP contribution in [-0.4, -0.2) is 42.0 Å². The minimum Gasteiger partial charge on any atom is -0.394 e. The molecule has 0 spiro atoms. The molecule has 0 saturated carbocycles. The summed E-state index contributed by atoms with van der Waals surface area (Å²) in [5.41, 5.74) is 7.45. The van der Waals surface area contributed by atoms with E-state index >= 15 is 0 Å². The Hall–Kier alpha value is -0.880. The molecule has 19 heavy (non-hydrogen) atoms. The number of thiocarbonyl (C=S) groups is 1. The molecule has 0 bridgehead atoms. The van der Waals surface area contributed by atoms with Gasteiger partial charge < -0.3 is 20.5 Å². The zero-order chi connectivity index (χ0) is 14.0. The van der Waals surface area contributed by atoms with Gasteiger partial charge in [0.2, 0.25) is 0 Å². The van der Waals surface area contributed by atoms with Crippen molar-refractivity contribution in [2.45, 2.75) is 19.1 Å². The Morgan fingerprint density at radius 3 is 2.95 bits per heavy atom. The molecule has 0 radical (unpaired) electrons. The van der Waals surface area contributed by atoms with E-state index in [0.717, 1.165) is 17.8 Å². The number of hydrogen-bond acceptors (Lipinski definition) is 4. The van der Waals surface area contributed by atoms with Crippen LogP contribution < -0.4 is 10.6 Å². The molecule has 0 aromatic heterocycles. The molecule has 3 N–H and O–H groups in total. The fraction of sp³-hybridized carbons (Fsp3) is 0.462. The van der Waals surface area contributed by atoms with Gasteiger partial charge in [-0.15, -0.1) is 0 Å². The lowest BCUT2D eigenvalue weighted by Crippen LogP contribution is -2.48. The van der Waals surface area contributed by atoms with E-state index in [2.05, 4.69) is 4.90 Å². The van der Waals surface area contributed by atoms with Crippen molar-refractivity contribution in [1.82, 2.24) is 0 Å². The first-order chi connectivity index (χ1) is 9.01. The molecular weight excluding hydrogens is 284 g/mol. The van der Waals surface area contributed by atoms with Crippen molar-refractivity contribution in [1.29, 1.82) is 0 Å². The summed E-state index contributed by atoms with van der Waals surface area (Å²) >= 11 is 11.1. The number of morpholine rings is 1. The van der Waals surface area contributed by atoms with Gasteiger partial charge in [0, 0.05) is 29.4 Å². The third-order valence-electron chi connectivity index (χ3n) is 3.09. The van der Waals surface area contributed by atoms with Crippen LogP contribution in [-0.2, 0) is 4.74 Å². The number of benzene rings is 1. The van der Waals surface area contributed by atoms with Crippen LogP contribution >= 0.6 is 23.8 Å². The number of rotatable bonds is 3. The summed E-state index contributed by atoms with van der Waals surface area (Å²) in [4.78, 5) is 2.44. The van der Waals surface area contributed by atoms with Crippen molar-refractivity contribution in [2.24, 2.45) is 5.73 Å². The van der Waals surface area contributed by atoms with Crippen LogP contribution in [0.5, 0.6) is 0 Å². The van der Waals surface area contributed by atoms with Crippen LogP contribution in [0.25, 0.3) is 0 Å². The predicted octanol–water partition coefficient (Wildman–Crippen LogP) is 1.56. The van der Waals surface area contributed by atoms with Gasteiger partial charge in [-0.3, -0.25) is 0 Å². The number of hydrogen-bond donors (Lipinski definition) is 2. The molecule has 1 heterocycles. The molecule has 2 atom stereocenters. The van der Waals surface area contributed by atoms with Crippen molar-refractivity contribution < 1.29 is 9.84 Å². The number of anilines is 1. The maximum Gasteiger partial charge on any atom is 0.106 e. The summed E-state index contributed by atoms with van der Waals surface area (Å²) in [5, 5.41) is 9.88. The van der Waals surface area contributed by atoms with E-state index in [1.807, 2.05) is 19.1 Å². The zero-order valence-electron chi connectivity index (χ0n) is 10.7. The Kier molecular flexibility index (Phi) is 4.62. The average molecular weight is 301 g/mol. The van der Waals surface area contributed by atoms with Crippen molar-refractivity contribution in [3.63, 3.8) is 0 Å². The largest absolute Gasteiger partial charge is 0.394 e. The average Bonchev–Trinajstić information content (AvgIpc) is 2.37. The fourth-order valence-corrected chi connectivity index (χ4v) is 2.66. The fourth-order valence-electron chi connectivity index (χ4n) is 2.32. The van der Waals surface area contributed by atoms with Gasteiger partial charge in [0.05, 0.1) is 18.8 Å². The lowest BCUT2D eigenvalue weighted by molar-refractivity contribution is -0.0421. The number of nitrogens with two attached hydrogens (primary N) is 1. The number of aliphatic hydroxyl groups excluding tert-OH is 1. The van der Waals surface area contributed by atoms with Crippen LogP contribution in [0, 0.1) is 0 Å². The van der Waals surface area contributed by atoms with E-state index in [1.54, 1.807) is 6.07 Å². The molecule has 0 aliphatic carbocycles.